The van der Waals surface area contributed by atoms with Crippen molar-refractivity contribution < 1.29 is 17.6 Å². The molecule has 8 heteroatoms. The van der Waals surface area contributed by atoms with Crippen molar-refractivity contribution in [1.82, 2.24) is 5.32 Å². The standard InChI is InChI=1S/C12H11BrN2O4S/c13-10-3-9(4-11(5-10)20(14,17)18)12(16)15-6-8-1-2-19-7-8/h1-5,7H,6H2,(H,15,16)(H2,14,17,18). The Morgan fingerprint density at radius 3 is 2.70 bits per heavy atom. The van der Waals surface area contributed by atoms with Gasteiger partial charge in [-0.3, -0.25) is 4.79 Å². The highest BCUT2D eigenvalue weighted by Gasteiger charge is 2.14. The molecule has 1 heterocycles. The first kappa shape index (κ1) is 14.8. The molecule has 0 bridgehead atoms. The molecular weight excluding hydrogens is 348 g/mol. The van der Waals surface area contributed by atoms with Gasteiger partial charge in [0.05, 0.1) is 17.4 Å². The molecule has 0 spiro atoms. The van der Waals surface area contributed by atoms with Gasteiger partial charge in [0.2, 0.25) is 10.0 Å². The van der Waals surface area contributed by atoms with E-state index in [1.807, 2.05) is 0 Å². The molecule has 2 rings (SSSR count). The van der Waals surface area contributed by atoms with E-state index in [2.05, 4.69) is 21.2 Å². The molecule has 2 aromatic rings. The molecule has 106 valence electrons. The average molecular weight is 359 g/mol. The summed E-state index contributed by atoms with van der Waals surface area (Å²) < 4.78 is 28.0. The van der Waals surface area contributed by atoms with Gasteiger partial charge in [0, 0.05) is 22.1 Å². The zero-order valence-corrected chi connectivity index (χ0v) is 12.6. The van der Waals surface area contributed by atoms with Crippen LogP contribution in [0.3, 0.4) is 0 Å². The van der Waals surface area contributed by atoms with E-state index in [1.165, 1.54) is 30.7 Å². The zero-order valence-electron chi connectivity index (χ0n) is 10.2. The van der Waals surface area contributed by atoms with Crippen LogP contribution in [0, 0.1) is 0 Å². The van der Waals surface area contributed by atoms with Crippen LogP contribution in [0.1, 0.15) is 15.9 Å². The third kappa shape index (κ3) is 3.69. The predicted octanol–water partition coefficient (Wildman–Crippen LogP) is 1.62. The highest BCUT2D eigenvalue weighted by Crippen LogP contribution is 2.18. The Labute approximate surface area is 124 Å². The van der Waals surface area contributed by atoms with E-state index in [1.54, 1.807) is 6.07 Å². The second kappa shape index (κ2) is 5.78. The van der Waals surface area contributed by atoms with Gasteiger partial charge in [-0.15, -0.1) is 0 Å². The van der Waals surface area contributed by atoms with E-state index in [0.717, 1.165) is 5.56 Å². The molecular formula is C12H11BrN2O4S. The number of nitrogens with two attached hydrogens (primary N) is 1. The van der Waals surface area contributed by atoms with Crippen LogP contribution in [-0.4, -0.2) is 14.3 Å². The summed E-state index contributed by atoms with van der Waals surface area (Å²) in [6, 6.07) is 5.79. The summed E-state index contributed by atoms with van der Waals surface area (Å²) in [5, 5.41) is 7.70. The number of benzene rings is 1. The van der Waals surface area contributed by atoms with Crippen LogP contribution in [0.4, 0.5) is 0 Å². The van der Waals surface area contributed by atoms with E-state index >= 15 is 0 Å². The van der Waals surface area contributed by atoms with Gasteiger partial charge in [-0.2, -0.15) is 0 Å². The lowest BCUT2D eigenvalue weighted by Gasteiger charge is -2.06. The fraction of sp³-hybridized carbons (Fsp3) is 0.0833. The maximum Gasteiger partial charge on any atom is 0.251 e. The topological polar surface area (TPSA) is 102 Å². The van der Waals surface area contributed by atoms with E-state index in [4.69, 9.17) is 9.56 Å². The summed E-state index contributed by atoms with van der Waals surface area (Å²) in [6.45, 7) is 0.284. The molecule has 0 saturated carbocycles. The molecule has 0 aliphatic carbocycles. The lowest BCUT2D eigenvalue weighted by molar-refractivity contribution is 0.0950. The molecule has 20 heavy (non-hydrogen) atoms. The maximum atomic E-state index is 12.0. The number of amides is 1. The van der Waals surface area contributed by atoms with Crippen LogP contribution in [0.15, 0.2) is 50.6 Å². The fourth-order valence-corrected chi connectivity index (χ4v) is 2.76. The van der Waals surface area contributed by atoms with Gasteiger partial charge in [0.1, 0.15) is 0 Å². The SMILES string of the molecule is NS(=O)(=O)c1cc(Br)cc(C(=O)NCc2ccoc2)c1. The van der Waals surface area contributed by atoms with Gasteiger partial charge >= 0.3 is 0 Å². The average Bonchev–Trinajstić information content (AvgIpc) is 2.87. The smallest absolute Gasteiger partial charge is 0.251 e. The maximum absolute atomic E-state index is 12.0. The Hall–Kier alpha value is -1.64. The molecule has 3 N–H and O–H groups in total. The first-order chi connectivity index (χ1) is 9.36. The number of hydrogen-bond donors (Lipinski definition) is 2. The number of halogens is 1. The Kier molecular flexibility index (Phi) is 4.26. The highest BCUT2D eigenvalue weighted by atomic mass is 79.9. The van der Waals surface area contributed by atoms with Crippen molar-refractivity contribution in [2.45, 2.75) is 11.4 Å². The number of primary sulfonamides is 1. The van der Waals surface area contributed by atoms with Crippen molar-refractivity contribution in [3.8, 4) is 0 Å². The van der Waals surface area contributed by atoms with Gasteiger partial charge < -0.3 is 9.73 Å². The molecule has 6 nitrogen and oxygen atoms in total. The molecule has 0 fully saturated rings. The third-order valence-corrected chi connectivity index (χ3v) is 3.85. The van der Waals surface area contributed by atoms with Gasteiger partial charge in [0.25, 0.3) is 5.91 Å². The largest absolute Gasteiger partial charge is 0.472 e. The molecule has 0 saturated heterocycles. The number of nitrogens with one attached hydrogen (secondary N) is 1. The van der Waals surface area contributed by atoms with E-state index in [0.29, 0.717) is 4.47 Å². The molecule has 0 radical (unpaired) electrons. The van der Waals surface area contributed by atoms with Crippen molar-refractivity contribution in [3.05, 3.63) is 52.4 Å². The van der Waals surface area contributed by atoms with Crippen LogP contribution in [-0.2, 0) is 16.6 Å². The lowest BCUT2D eigenvalue weighted by atomic mass is 10.2. The van der Waals surface area contributed by atoms with Crippen molar-refractivity contribution in [2.75, 3.05) is 0 Å². The summed E-state index contributed by atoms with van der Waals surface area (Å²) in [5.41, 5.74) is 1.01. The monoisotopic (exact) mass is 358 g/mol. The number of rotatable bonds is 4. The number of carbonyl (C=O) groups is 1. The van der Waals surface area contributed by atoms with Crippen LogP contribution < -0.4 is 10.5 Å². The van der Waals surface area contributed by atoms with Crippen molar-refractivity contribution >= 4 is 31.9 Å². The second-order valence-electron chi connectivity index (χ2n) is 4.03. The lowest BCUT2D eigenvalue weighted by Crippen LogP contribution is -2.23. The molecule has 0 aliphatic rings. The Bertz CT molecular complexity index is 726. The minimum atomic E-state index is -3.86. The number of hydrogen-bond acceptors (Lipinski definition) is 4. The van der Waals surface area contributed by atoms with E-state index in [9.17, 15) is 13.2 Å². The first-order valence-electron chi connectivity index (χ1n) is 5.49. The second-order valence-corrected chi connectivity index (χ2v) is 6.51. The highest BCUT2D eigenvalue weighted by molar-refractivity contribution is 9.10. The normalized spacial score (nSPS) is 11.3. The predicted molar refractivity (Wildman–Crippen MR) is 75.4 cm³/mol. The van der Waals surface area contributed by atoms with Gasteiger partial charge in [-0.25, -0.2) is 13.6 Å². The van der Waals surface area contributed by atoms with Gasteiger partial charge in [-0.05, 0) is 24.3 Å². The van der Waals surface area contributed by atoms with Gasteiger partial charge in [0.15, 0.2) is 0 Å². The number of sulfonamides is 1. The first-order valence-corrected chi connectivity index (χ1v) is 7.83. The number of carbonyl (C=O) groups excluding carboxylic acids is 1. The van der Waals surface area contributed by atoms with Crippen LogP contribution in [0.25, 0.3) is 0 Å². The molecule has 1 amide bonds. The van der Waals surface area contributed by atoms with Crippen molar-refractivity contribution in [1.29, 1.82) is 0 Å². The minimum absolute atomic E-state index is 0.125. The molecule has 0 atom stereocenters. The van der Waals surface area contributed by atoms with Crippen molar-refractivity contribution in [2.24, 2.45) is 5.14 Å². The summed E-state index contributed by atoms with van der Waals surface area (Å²) in [4.78, 5) is 11.8. The fourth-order valence-electron chi connectivity index (χ4n) is 1.54. The molecule has 1 aromatic carbocycles. The third-order valence-electron chi connectivity index (χ3n) is 2.50. The Morgan fingerprint density at radius 1 is 1.35 bits per heavy atom. The van der Waals surface area contributed by atoms with Crippen LogP contribution in [0.5, 0.6) is 0 Å². The quantitative estimate of drug-likeness (QED) is 0.866. The summed E-state index contributed by atoms with van der Waals surface area (Å²) in [6.07, 6.45) is 3.01. The molecule has 0 unspecified atom stereocenters. The van der Waals surface area contributed by atoms with E-state index < -0.39 is 15.9 Å². The van der Waals surface area contributed by atoms with E-state index in [-0.39, 0.29) is 17.0 Å². The number of furan rings is 1. The molecule has 0 aliphatic heterocycles. The van der Waals surface area contributed by atoms with Gasteiger partial charge in [-0.1, -0.05) is 15.9 Å². The van der Waals surface area contributed by atoms with Crippen LogP contribution >= 0.6 is 15.9 Å². The molecule has 1 aromatic heterocycles. The summed E-state index contributed by atoms with van der Waals surface area (Å²) in [5.74, 6) is -0.405. The summed E-state index contributed by atoms with van der Waals surface area (Å²) in [7, 11) is -3.86. The Balaban J connectivity index is 2.19. The minimum Gasteiger partial charge on any atom is -0.472 e. The van der Waals surface area contributed by atoms with Crippen LogP contribution in [0.2, 0.25) is 0 Å². The zero-order chi connectivity index (χ0) is 14.8. The van der Waals surface area contributed by atoms with Crippen molar-refractivity contribution in [3.63, 3.8) is 0 Å². The summed E-state index contributed by atoms with van der Waals surface area (Å²) >= 11 is 3.15. The Morgan fingerprint density at radius 2 is 2.10 bits per heavy atom.